The summed E-state index contributed by atoms with van der Waals surface area (Å²) < 4.78 is 10.4. The molecule has 1 heterocycles. The molecular weight excluding hydrogens is 254 g/mol. The molecule has 2 aromatic rings. The Morgan fingerprint density at radius 3 is 2.60 bits per heavy atom. The topological polar surface area (TPSA) is 63.2 Å². The van der Waals surface area contributed by atoms with Gasteiger partial charge in [0.05, 0.1) is 19.4 Å². The minimum absolute atomic E-state index is 0.232. The molecule has 4 nitrogen and oxygen atoms in total. The van der Waals surface area contributed by atoms with Crippen LogP contribution in [0.2, 0.25) is 0 Å². The molecule has 2 rings (SSSR count). The van der Waals surface area contributed by atoms with Crippen LogP contribution in [0.25, 0.3) is 0 Å². The van der Waals surface area contributed by atoms with Gasteiger partial charge in [-0.05, 0) is 42.7 Å². The van der Waals surface area contributed by atoms with Gasteiger partial charge in [-0.1, -0.05) is 12.1 Å². The molecule has 20 heavy (non-hydrogen) atoms. The van der Waals surface area contributed by atoms with Crippen LogP contribution in [0.5, 0.6) is 5.75 Å². The molecule has 0 aliphatic heterocycles. The van der Waals surface area contributed by atoms with Crippen molar-refractivity contribution in [3.8, 4) is 11.8 Å². The highest BCUT2D eigenvalue weighted by Gasteiger charge is 2.26. The number of nitriles is 1. The lowest BCUT2D eigenvalue weighted by molar-refractivity contribution is 0.0951. The summed E-state index contributed by atoms with van der Waals surface area (Å²) in [5, 5.41) is 9.32. The van der Waals surface area contributed by atoms with Crippen molar-refractivity contribution in [2.24, 2.45) is 0 Å². The summed E-state index contributed by atoms with van der Waals surface area (Å²) in [6.07, 6.45) is 1.45. The van der Waals surface area contributed by atoms with E-state index >= 15 is 0 Å². The van der Waals surface area contributed by atoms with E-state index in [2.05, 4.69) is 0 Å². The lowest BCUT2D eigenvalue weighted by atomic mass is 9.93. The Labute approximate surface area is 117 Å². The largest absolute Gasteiger partial charge is 0.496 e. The van der Waals surface area contributed by atoms with Gasteiger partial charge in [-0.25, -0.2) is 0 Å². The number of methoxy groups -OCH3 is 1. The molecule has 0 aliphatic carbocycles. The Kier molecular flexibility index (Phi) is 3.90. The normalized spacial score (nSPS) is 11.7. The number of ether oxygens (including phenoxy) is 1. The highest BCUT2D eigenvalue weighted by Crippen LogP contribution is 2.27. The maximum atomic E-state index is 12.4. The minimum Gasteiger partial charge on any atom is -0.496 e. The van der Waals surface area contributed by atoms with Crippen molar-refractivity contribution in [3.05, 3.63) is 53.0 Å². The second kappa shape index (κ2) is 5.62. The van der Waals surface area contributed by atoms with Gasteiger partial charge < -0.3 is 9.15 Å². The molecule has 0 saturated carbocycles. The number of furan rings is 1. The zero-order valence-corrected chi connectivity index (χ0v) is 11.6. The number of rotatable bonds is 4. The zero-order chi connectivity index (χ0) is 14.7. The van der Waals surface area contributed by atoms with E-state index < -0.39 is 5.92 Å². The molecule has 1 aromatic heterocycles. The summed E-state index contributed by atoms with van der Waals surface area (Å²) in [5.41, 5.74) is 2.29. The Morgan fingerprint density at radius 1 is 1.30 bits per heavy atom. The fraction of sp³-hybridized carbons (Fsp3) is 0.250. The average Bonchev–Trinajstić information content (AvgIpc) is 2.87. The van der Waals surface area contributed by atoms with Gasteiger partial charge in [-0.15, -0.1) is 0 Å². The lowest BCUT2D eigenvalue weighted by Gasteiger charge is -2.11. The summed E-state index contributed by atoms with van der Waals surface area (Å²) in [6, 6.07) is 9.07. The maximum absolute atomic E-state index is 12.4. The third-order valence-corrected chi connectivity index (χ3v) is 3.24. The number of aryl methyl sites for hydroxylation is 2. The van der Waals surface area contributed by atoms with Gasteiger partial charge in [-0.2, -0.15) is 5.26 Å². The molecule has 0 fully saturated rings. The van der Waals surface area contributed by atoms with E-state index in [4.69, 9.17) is 9.15 Å². The molecule has 4 heteroatoms. The molecule has 1 unspecified atom stereocenters. The Morgan fingerprint density at radius 2 is 2.05 bits per heavy atom. The molecule has 0 amide bonds. The molecule has 1 aromatic carbocycles. The van der Waals surface area contributed by atoms with Gasteiger partial charge in [0.1, 0.15) is 11.7 Å². The van der Waals surface area contributed by atoms with Crippen LogP contribution in [0.3, 0.4) is 0 Å². The van der Waals surface area contributed by atoms with Crippen LogP contribution >= 0.6 is 0 Å². The van der Waals surface area contributed by atoms with Crippen molar-refractivity contribution in [1.29, 1.82) is 5.26 Å². The number of Topliss-reactive ketones (excluding diaryl/α,β-unsaturated/α-hetero) is 1. The third kappa shape index (κ3) is 2.43. The first-order valence-corrected chi connectivity index (χ1v) is 6.21. The molecule has 0 N–H and O–H groups in total. The summed E-state index contributed by atoms with van der Waals surface area (Å²) in [6.45, 7) is 3.68. The number of ketones is 1. The highest BCUT2D eigenvalue weighted by molar-refractivity contribution is 6.01. The van der Waals surface area contributed by atoms with E-state index in [0.29, 0.717) is 11.3 Å². The van der Waals surface area contributed by atoms with Crippen LogP contribution in [0, 0.1) is 25.2 Å². The van der Waals surface area contributed by atoms with Gasteiger partial charge in [0, 0.05) is 0 Å². The van der Waals surface area contributed by atoms with Gasteiger partial charge in [0.2, 0.25) is 5.78 Å². The van der Waals surface area contributed by atoms with Crippen LogP contribution in [-0.4, -0.2) is 12.9 Å². The Hall–Kier alpha value is -2.54. The van der Waals surface area contributed by atoms with Crippen LogP contribution < -0.4 is 4.74 Å². The summed E-state index contributed by atoms with van der Waals surface area (Å²) in [5.74, 6) is -0.335. The van der Waals surface area contributed by atoms with Crippen LogP contribution in [0.4, 0.5) is 0 Å². The maximum Gasteiger partial charge on any atom is 0.219 e. The standard InChI is InChI=1S/C16H15NO3/c1-10-4-5-12(8-14(10)19-3)13(9-17)15(18)16-11(2)6-7-20-16/h4-8,13H,1-3H3. The number of benzene rings is 1. The van der Waals surface area contributed by atoms with Crippen molar-refractivity contribution >= 4 is 5.78 Å². The molecule has 0 spiro atoms. The predicted molar refractivity (Wildman–Crippen MR) is 73.9 cm³/mol. The van der Waals surface area contributed by atoms with Crippen molar-refractivity contribution < 1.29 is 13.9 Å². The average molecular weight is 269 g/mol. The monoisotopic (exact) mass is 269 g/mol. The third-order valence-electron chi connectivity index (χ3n) is 3.24. The zero-order valence-electron chi connectivity index (χ0n) is 11.6. The van der Waals surface area contributed by atoms with Crippen LogP contribution in [0.15, 0.2) is 34.9 Å². The van der Waals surface area contributed by atoms with Crippen molar-refractivity contribution in [2.45, 2.75) is 19.8 Å². The second-order valence-electron chi connectivity index (χ2n) is 4.59. The summed E-state index contributed by atoms with van der Waals surface area (Å²) >= 11 is 0. The molecule has 102 valence electrons. The first-order chi connectivity index (χ1) is 9.58. The van der Waals surface area contributed by atoms with Crippen molar-refractivity contribution in [2.75, 3.05) is 7.11 Å². The van der Waals surface area contributed by atoms with Gasteiger partial charge in [0.25, 0.3) is 0 Å². The van der Waals surface area contributed by atoms with E-state index in [1.165, 1.54) is 6.26 Å². The first kappa shape index (κ1) is 13.9. The molecular formula is C16H15NO3. The fourth-order valence-electron chi connectivity index (χ4n) is 2.06. The quantitative estimate of drug-likeness (QED) is 0.798. The summed E-state index contributed by atoms with van der Waals surface area (Å²) in [4.78, 5) is 12.4. The Balaban J connectivity index is 2.41. The number of nitrogens with zero attached hydrogens (tertiary/aromatic N) is 1. The fourth-order valence-corrected chi connectivity index (χ4v) is 2.06. The lowest BCUT2D eigenvalue weighted by Crippen LogP contribution is -2.11. The predicted octanol–water partition coefficient (Wildman–Crippen LogP) is 3.40. The van der Waals surface area contributed by atoms with E-state index in [9.17, 15) is 10.1 Å². The van der Waals surface area contributed by atoms with Gasteiger partial charge >= 0.3 is 0 Å². The molecule has 0 aliphatic rings. The van der Waals surface area contributed by atoms with Crippen LogP contribution in [0.1, 0.15) is 33.2 Å². The molecule has 0 radical (unpaired) electrons. The molecule has 0 saturated heterocycles. The second-order valence-corrected chi connectivity index (χ2v) is 4.59. The van der Waals surface area contributed by atoms with Crippen molar-refractivity contribution in [1.82, 2.24) is 0 Å². The van der Waals surface area contributed by atoms with E-state index in [1.54, 1.807) is 32.2 Å². The number of carbonyl (C=O) groups is 1. The van der Waals surface area contributed by atoms with Crippen LogP contribution in [-0.2, 0) is 0 Å². The number of hydrogen-bond donors (Lipinski definition) is 0. The number of hydrogen-bond acceptors (Lipinski definition) is 4. The molecule has 0 bridgehead atoms. The number of carbonyl (C=O) groups excluding carboxylic acids is 1. The summed E-state index contributed by atoms with van der Waals surface area (Å²) in [7, 11) is 1.56. The first-order valence-electron chi connectivity index (χ1n) is 6.21. The van der Waals surface area contributed by atoms with Gasteiger partial charge in [0.15, 0.2) is 5.76 Å². The SMILES string of the molecule is COc1cc(C(C#N)C(=O)c2occc2C)ccc1C. The highest BCUT2D eigenvalue weighted by atomic mass is 16.5. The van der Waals surface area contributed by atoms with E-state index in [0.717, 1.165) is 11.1 Å². The van der Waals surface area contributed by atoms with E-state index in [1.807, 2.05) is 19.1 Å². The van der Waals surface area contributed by atoms with Crippen molar-refractivity contribution in [3.63, 3.8) is 0 Å². The van der Waals surface area contributed by atoms with E-state index in [-0.39, 0.29) is 11.5 Å². The molecule has 1 atom stereocenters. The van der Waals surface area contributed by atoms with Gasteiger partial charge in [-0.3, -0.25) is 4.79 Å². The minimum atomic E-state index is -0.894. The smallest absolute Gasteiger partial charge is 0.219 e. The Bertz CT molecular complexity index is 679.